The molecule has 2 rings (SSSR count). The number of nitrogens with zero attached hydrogens (tertiary/aromatic N) is 2. The summed E-state index contributed by atoms with van der Waals surface area (Å²) in [5.74, 6) is 6.97. The van der Waals surface area contributed by atoms with E-state index in [-0.39, 0.29) is 0 Å². The highest BCUT2D eigenvalue weighted by Crippen LogP contribution is 2.22. The first-order valence-electron chi connectivity index (χ1n) is 5.23. The Labute approximate surface area is 99.6 Å². The zero-order chi connectivity index (χ0) is 12.3. The molecule has 88 valence electrons. The lowest BCUT2D eigenvalue weighted by Crippen LogP contribution is -2.08. The second-order valence-electron chi connectivity index (χ2n) is 3.73. The second kappa shape index (κ2) is 4.80. The van der Waals surface area contributed by atoms with Crippen LogP contribution in [-0.2, 0) is 0 Å². The topological polar surface area (TPSA) is 73.1 Å². The maximum atomic E-state index is 5.61. The lowest BCUT2D eigenvalue weighted by Gasteiger charge is -2.07. The molecule has 1 heterocycles. The third-order valence-corrected chi connectivity index (χ3v) is 2.49. The van der Waals surface area contributed by atoms with E-state index in [1.54, 1.807) is 6.07 Å². The fourth-order valence-electron chi connectivity index (χ4n) is 1.37. The summed E-state index contributed by atoms with van der Waals surface area (Å²) in [4.78, 5) is 7.91. The highest BCUT2D eigenvalue weighted by molar-refractivity contribution is 5.39. The standard InChI is InChI=1S/C12H14N4O/c1-8-3-4-10(5-9(8)2)17-12-6-11(16-13)14-7-15-12/h3-7H,13H2,1-2H3,(H,14,15,16). The fourth-order valence-corrected chi connectivity index (χ4v) is 1.37. The number of nitrogens with one attached hydrogen (secondary N) is 1. The molecule has 3 N–H and O–H groups in total. The van der Waals surface area contributed by atoms with Crippen LogP contribution in [0.4, 0.5) is 5.82 Å². The molecule has 0 aliphatic heterocycles. The van der Waals surface area contributed by atoms with Gasteiger partial charge in [0.2, 0.25) is 5.88 Å². The van der Waals surface area contributed by atoms with Crippen LogP contribution in [0.2, 0.25) is 0 Å². The van der Waals surface area contributed by atoms with Crippen LogP contribution in [0.15, 0.2) is 30.6 Å². The van der Waals surface area contributed by atoms with Crippen LogP contribution >= 0.6 is 0 Å². The predicted octanol–water partition coefficient (Wildman–Crippen LogP) is 2.17. The summed E-state index contributed by atoms with van der Waals surface area (Å²) < 4.78 is 5.61. The van der Waals surface area contributed by atoms with E-state index in [9.17, 15) is 0 Å². The third kappa shape index (κ3) is 2.70. The Balaban J connectivity index is 2.22. The van der Waals surface area contributed by atoms with Crippen molar-refractivity contribution in [1.29, 1.82) is 0 Å². The van der Waals surface area contributed by atoms with Gasteiger partial charge in [0.05, 0.1) is 0 Å². The quantitative estimate of drug-likeness (QED) is 0.624. The van der Waals surface area contributed by atoms with Gasteiger partial charge in [0, 0.05) is 6.07 Å². The van der Waals surface area contributed by atoms with E-state index in [0.717, 1.165) is 5.75 Å². The molecule has 2 aromatic rings. The van der Waals surface area contributed by atoms with Crippen molar-refractivity contribution in [2.45, 2.75) is 13.8 Å². The Morgan fingerprint density at radius 3 is 2.65 bits per heavy atom. The minimum absolute atomic E-state index is 0.455. The van der Waals surface area contributed by atoms with Crippen molar-refractivity contribution in [3.63, 3.8) is 0 Å². The number of hydrogen-bond acceptors (Lipinski definition) is 5. The van der Waals surface area contributed by atoms with Crippen LogP contribution in [0.5, 0.6) is 11.6 Å². The average Bonchev–Trinajstić information content (AvgIpc) is 2.34. The van der Waals surface area contributed by atoms with Crippen LogP contribution in [-0.4, -0.2) is 9.97 Å². The zero-order valence-electron chi connectivity index (χ0n) is 9.77. The second-order valence-corrected chi connectivity index (χ2v) is 3.73. The van der Waals surface area contributed by atoms with Crippen molar-refractivity contribution in [2.24, 2.45) is 5.84 Å². The minimum Gasteiger partial charge on any atom is -0.439 e. The number of nitrogen functional groups attached to an aromatic ring is 1. The number of ether oxygens (including phenoxy) is 1. The summed E-state index contributed by atoms with van der Waals surface area (Å²) in [5, 5.41) is 0. The minimum atomic E-state index is 0.455. The van der Waals surface area contributed by atoms with Crippen molar-refractivity contribution in [3.8, 4) is 11.6 Å². The normalized spacial score (nSPS) is 10.1. The molecule has 0 bridgehead atoms. The molecule has 1 aromatic carbocycles. The number of aryl methyl sites for hydroxylation is 2. The lowest BCUT2D eigenvalue weighted by molar-refractivity contribution is 0.461. The summed E-state index contributed by atoms with van der Waals surface area (Å²) in [7, 11) is 0. The van der Waals surface area contributed by atoms with Gasteiger partial charge in [-0.3, -0.25) is 0 Å². The first-order valence-corrected chi connectivity index (χ1v) is 5.23. The molecule has 0 unspecified atom stereocenters. The fraction of sp³-hybridized carbons (Fsp3) is 0.167. The zero-order valence-corrected chi connectivity index (χ0v) is 9.77. The Morgan fingerprint density at radius 1 is 1.12 bits per heavy atom. The van der Waals surface area contributed by atoms with Gasteiger partial charge < -0.3 is 10.2 Å². The maximum Gasteiger partial charge on any atom is 0.224 e. The van der Waals surface area contributed by atoms with Gasteiger partial charge in [0.15, 0.2) is 0 Å². The van der Waals surface area contributed by atoms with Gasteiger partial charge in [-0.05, 0) is 37.1 Å². The largest absolute Gasteiger partial charge is 0.439 e. The van der Waals surface area contributed by atoms with E-state index in [0.29, 0.717) is 11.7 Å². The summed E-state index contributed by atoms with van der Waals surface area (Å²) in [6, 6.07) is 7.51. The maximum absolute atomic E-state index is 5.61. The van der Waals surface area contributed by atoms with Gasteiger partial charge in [-0.15, -0.1) is 0 Å². The number of anilines is 1. The molecule has 5 nitrogen and oxygen atoms in total. The van der Waals surface area contributed by atoms with E-state index in [4.69, 9.17) is 10.6 Å². The summed E-state index contributed by atoms with van der Waals surface area (Å²) in [5.41, 5.74) is 4.84. The molecule has 5 heteroatoms. The molecule has 0 saturated heterocycles. The summed E-state index contributed by atoms with van der Waals surface area (Å²) in [6.07, 6.45) is 1.39. The average molecular weight is 230 g/mol. The van der Waals surface area contributed by atoms with Crippen molar-refractivity contribution in [3.05, 3.63) is 41.7 Å². The summed E-state index contributed by atoms with van der Waals surface area (Å²) >= 11 is 0. The van der Waals surface area contributed by atoms with Gasteiger partial charge in [0.25, 0.3) is 0 Å². The van der Waals surface area contributed by atoms with Crippen LogP contribution in [0.3, 0.4) is 0 Å². The molecule has 0 radical (unpaired) electrons. The van der Waals surface area contributed by atoms with E-state index in [1.165, 1.54) is 17.5 Å². The highest BCUT2D eigenvalue weighted by Gasteiger charge is 2.02. The van der Waals surface area contributed by atoms with Crippen molar-refractivity contribution in [1.82, 2.24) is 9.97 Å². The molecular weight excluding hydrogens is 216 g/mol. The molecule has 0 amide bonds. The van der Waals surface area contributed by atoms with E-state index in [2.05, 4.69) is 22.3 Å². The smallest absolute Gasteiger partial charge is 0.224 e. The van der Waals surface area contributed by atoms with Gasteiger partial charge in [0.1, 0.15) is 17.9 Å². The highest BCUT2D eigenvalue weighted by atomic mass is 16.5. The molecule has 0 saturated carbocycles. The first kappa shape index (κ1) is 11.3. The van der Waals surface area contributed by atoms with Crippen LogP contribution in [0.25, 0.3) is 0 Å². The Kier molecular flexibility index (Phi) is 3.20. The monoisotopic (exact) mass is 230 g/mol. The number of aromatic nitrogens is 2. The number of benzene rings is 1. The molecule has 0 aliphatic rings. The molecule has 0 atom stereocenters. The molecular formula is C12H14N4O. The molecule has 0 spiro atoms. The van der Waals surface area contributed by atoms with Crippen molar-refractivity contribution in [2.75, 3.05) is 5.43 Å². The van der Waals surface area contributed by atoms with E-state index in [1.807, 2.05) is 25.1 Å². The van der Waals surface area contributed by atoms with Crippen LogP contribution in [0, 0.1) is 13.8 Å². The number of hydrazine groups is 1. The number of nitrogens with two attached hydrogens (primary N) is 1. The van der Waals surface area contributed by atoms with Crippen LogP contribution < -0.4 is 16.0 Å². The first-order chi connectivity index (χ1) is 8.19. The van der Waals surface area contributed by atoms with E-state index >= 15 is 0 Å². The lowest BCUT2D eigenvalue weighted by atomic mass is 10.1. The van der Waals surface area contributed by atoms with Crippen LogP contribution in [0.1, 0.15) is 11.1 Å². The number of hydrogen-bond donors (Lipinski definition) is 2. The Morgan fingerprint density at radius 2 is 1.94 bits per heavy atom. The summed E-state index contributed by atoms with van der Waals surface area (Å²) in [6.45, 7) is 4.09. The molecule has 0 aliphatic carbocycles. The third-order valence-electron chi connectivity index (χ3n) is 2.49. The van der Waals surface area contributed by atoms with Crippen molar-refractivity contribution < 1.29 is 4.74 Å². The number of rotatable bonds is 3. The predicted molar refractivity (Wildman–Crippen MR) is 65.8 cm³/mol. The molecule has 0 fully saturated rings. The molecule has 17 heavy (non-hydrogen) atoms. The van der Waals surface area contributed by atoms with Gasteiger partial charge in [-0.25, -0.2) is 15.8 Å². The van der Waals surface area contributed by atoms with Gasteiger partial charge in [-0.1, -0.05) is 6.07 Å². The Bertz CT molecular complexity index is 528. The van der Waals surface area contributed by atoms with E-state index < -0.39 is 0 Å². The Hall–Kier alpha value is -2.14. The van der Waals surface area contributed by atoms with Gasteiger partial charge in [-0.2, -0.15) is 0 Å². The van der Waals surface area contributed by atoms with Gasteiger partial charge >= 0.3 is 0 Å². The molecule has 1 aromatic heterocycles. The SMILES string of the molecule is Cc1ccc(Oc2cc(NN)ncn2)cc1C. The van der Waals surface area contributed by atoms with Crippen molar-refractivity contribution >= 4 is 5.82 Å².